The summed E-state index contributed by atoms with van der Waals surface area (Å²) in [7, 11) is 0. The Bertz CT molecular complexity index is 474. The zero-order valence-corrected chi connectivity index (χ0v) is 11.3. The minimum absolute atomic E-state index is 0.146. The minimum atomic E-state index is -1.54. The Kier molecular flexibility index (Phi) is 4.34. The number of hydrogen-bond donors (Lipinski definition) is 1. The second kappa shape index (κ2) is 5.69. The Labute approximate surface area is 115 Å². The molecule has 1 unspecified atom stereocenters. The van der Waals surface area contributed by atoms with Gasteiger partial charge in [0.1, 0.15) is 0 Å². The van der Waals surface area contributed by atoms with E-state index < -0.39 is 40.9 Å². The van der Waals surface area contributed by atoms with E-state index in [0.29, 0.717) is 19.0 Å². The number of nitrogens with zero attached hydrogens (tertiary/aromatic N) is 1. The number of aliphatic hydroxyl groups is 1. The van der Waals surface area contributed by atoms with E-state index in [0.717, 1.165) is 6.54 Å². The number of likely N-dealkylation sites (tertiary alicyclic amines) is 1. The van der Waals surface area contributed by atoms with E-state index in [1.807, 2.05) is 18.7 Å². The van der Waals surface area contributed by atoms with Crippen molar-refractivity contribution in [2.24, 2.45) is 11.8 Å². The lowest BCUT2D eigenvalue weighted by Crippen LogP contribution is -2.50. The maximum absolute atomic E-state index is 13.6. The molecule has 0 radical (unpaired) electrons. The van der Waals surface area contributed by atoms with Gasteiger partial charge in [0.25, 0.3) is 0 Å². The lowest BCUT2D eigenvalue weighted by atomic mass is 9.88. The van der Waals surface area contributed by atoms with Crippen LogP contribution in [0.15, 0.2) is 6.07 Å². The molecule has 1 saturated heterocycles. The maximum atomic E-state index is 13.6. The van der Waals surface area contributed by atoms with Crippen molar-refractivity contribution in [1.29, 1.82) is 0 Å². The lowest BCUT2D eigenvalue weighted by Gasteiger charge is -2.42. The van der Waals surface area contributed by atoms with Gasteiger partial charge in [-0.05, 0) is 5.92 Å². The Hall–Kier alpha value is -1.14. The quantitative estimate of drug-likeness (QED) is 0.681. The van der Waals surface area contributed by atoms with E-state index in [1.165, 1.54) is 0 Å². The number of rotatable bonds is 4. The van der Waals surface area contributed by atoms with Crippen molar-refractivity contribution in [2.75, 3.05) is 19.6 Å². The largest absolute Gasteiger partial charge is 0.388 e. The van der Waals surface area contributed by atoms with Gasteiger partial charge < -0.3 is 10.0 Å². The van der Waals surface area contributed by atoms with E-state index >= 15 is 0 Å². The molecule has 20 heavy (non-hydrogen) atoms. The molecule has 0 saturated carbocycles. The second-order valence-electron chi connectivity index (χ2n) is 5.70. The summed E-state index contributed by atoms with van der Waals surface area (Å²) in [6, 6.07) is 0.146. The first-order chi connectivity index (χ1) is 9.31. The van der Waals surface area contributed by atoms with Crippen molar-refractivity contribution in [2.45, 2.75) is 20.0 Å². The van der Waals surface area contributed by atoms with Crippen LogP contribution >= 0.6 is 0 Å². The van der Waals surface area contributed by atoms with Crippen molar-refractivity contribution < 1.29 is 22.7 Å². The zero-order valence-electron chi connectivity index (χ0n) is 11.3. The number of hydrogen-bond acceptors (Lipinski definition) is 2. The van der Waals surface area contributed by atoms with Crippen LogP contribution in [0.5, 0.6) is 0 Å². The molecule has 1 aromatic rings. The molecule has 1 heterocycles. The van der Waals surface area contributed by atoms with Crippen molar-refractivity contribution in [3.8, 4) is 0 Å². The molecule has 2 nitrogen and oxygen atoms in total. The van der Waals surface area contributed by atoms with Gasteiger partial charge >= 0.3 is 0 Å². The Balaban J connectivity index is 2.14. The van der Waals surface area contributed by atoms with Gasteiger partial charge in [-0.2, -0.15) is 0 Å². The van der Waals surface area contributed by atoms with Crippen molar-refractivity contribution in [3.63, 3.8) is 0 Å². The van der Waals surface area contributed by atoms with E-state index in [2.05, 4.69) is 0 Å². The van der Waals surface area contributed by atoms with Crippen LogP contribution in [0.2, 0.25) is 0 Å². The molecule has 0 amide bonds. The summed E-state index contributed by atoms with van der Waals surface area (Å²) < 4.78 is 53.4. The van der Waals surface area contributed by atoms with Gasteiger partial charge in [0.05, 0.1) is 11.7 Å². The molecular formula is C14H17F4NO. The normalized spacial score (nSPS) is 18.4. The van der Waals surface area contributed by atoms with Crippen LogP contribution in [0, 0.1) is 35.1 Å². The highest BCUT2D eigenvalue weighted by Gasteiger charge is 2.37. The van der Waals surface area contributed by atoms with E-state index in [1.54, 1.807) is 0 Å². The average molecular weight is 291 g/mol. The van der Waals surface area contributed by atoms with Crippen molar-refractivity contribution in [1.82, 2.24) is 4.90 Å². The van der Waals surface area contributed by atoms with Crippen LogP contribution < -0.4 is 0 Å². The molecule has 1 N–H and O–H groups in total. The number of benzene rings is 1. The fourth-order valence-corrected chi connectivity index (χ4v) is 2.56. The van der Waals surface area contributed by atoms with Crippen LogP contribution in [0.4, 0.5) is 17.6 Å². The zero-order chi connectivity index (χ0) is 15.0. The van der Waals surface area contributed by atoms with Gasteiger partial charge in [-0.1, -0.05) is 13.8 Å². The number of halogens is 4. The van der Waals surface area contributed by atoms with E-state index in [9.17, 15) is 22.7 Å². The molecule has 1 aliphatic heterocycles. The molecule has 1 aliphatic rings. The van der Waals surface area contributed by atoms with Gasteiger partial charge in [0.15, 0.2) is 23.3 Å². The summed E-state index contributed by atoms with van der Waals surface area (Å²) in [5.74, 6) is -5.99. The number of aliphatic hydroxyl groups excluding tert-OH is 1. The molecule has 112 valence electrons. The van der Waals surface area contributed by atoms with Gasteiger partial charge in [-0.15, -0.1) is 0 Å². The van der Waals surface area contributed by atoms with Crippen LogP contribution in [0.25, 0.3) is 0 Å². The smallest absolute Gasteiger partial charge is 0.167 e. The maximum Gasteiger partial charge on any atom is 0.167 e. The first-order valence-corrected chi connectivity index (χ1v) is 6.54. The summed E-state index contributed by atoms with van der Waals surface area (Å²) in [5, 5.41) is 9.96. The summed E-state index contributed by atoms with van der Waals surface area (Å²) in [4.78, 5) is 2.02. The molecule has 0 aliphatic carbocycles. The topological polar surface area (TPSA) is 23.5 Å². The Morgan fingerprint density at radius 1 is 1.15 bits per heavy atom. The Morgan fingerprint density at radius 3 is 2.10 bits per heavy atom. The predicted molar refractivity (Wildman–Crippen MR) is 66.0 cm³/mol. The van der Waals surface area contributed by atoms with Crippen LogP contribution in [-0.2, 0) is 0 Å². The highest BCUT2D eigenvalue weighted by molar-refractivity contribution is 5.26. The highest BCUT2D eigenvalue weighted by atomic mass is 19.2. The third kappa shape index (κ3) is 2.81. The minimum Gasteiger partial charge on any atom is -0.388 e. The molecule has 0 spiro atoms. The van der Waals surface area contributed by atoms with E-state index in [4.69, 9.17) is 0 Å². The molecule has 1 aromatic carbocycles. The SMILES string of the molecule is CC(C)CN1CC(C(O)c2c(F)c(F)cc(F)c2F)C1. The highest BCUT2D eigenvalue weighted by Crippen LogP contribution is 2.34. The van der Waals surface area contributed by atoms with Gasteiger partial charge in [-0.25, -0.2) is 17.6 Å². The molecule has 0 bridgehead atoms. The van der Waals surface area contributed by atoms with Gasteiger partial charge in [0, 0.05) is 31.6 Å². The average Bonchev–Trinajstić information content (AvgIpc) is 2.30. The third-order valence-corrected chi connectivity index (χ3v) is 3.50. The fourth-order valence-electron chi connectivity index (χ4n) is 2.56. The second-order valence-corrected chi connectivity index (χ2v) is 5.70. The van der Waals surface area contributed by atoms with Crippen LogP contribution in [0.3, 0.4) is 0 Å². The standard InChI is InChI=1S/C14H17F4NO/c1-7(2)4-19-5-8(6-19)14(20)11-12(17)9(15)3-10(16)13(11)18/h3,7-8,14,20H,4-6H2,1-2H3. The Morgan fingerprint density at radius 2 is 1.65 bits per heavy atom. The lowest BCUT2D eigenvalue weighted by molar-refractivity contribution is -0.0140. The van der Waals surface area contributed by atoms with Gasteiger partial charge in [0.2, 0.25) is 0 Å². The molecular weight excluding hydrogens is 274 g/mol. The van der Waals surface area contributed by atoms with Crippen molar-refractivity contribution >= 4 is 0 Å². The molecule has 2 rings (SSSR count). The third-order valence-electron chi connectivity index (χ3n) is 3.50. The predicted octanol–water partition coefficient (Wildman–Crippen LogP) is 2.86. The first kappa shape index (κ1) is 15.3. The summed E-state index contributed by atoms with van der Waals surface area (Å²) in [6.45, 7) is 5.79. The molecule has 6 heteroatoms. The summed E-state index contributed by atoms with van der Waals surface area (Å²) in [5.41, 5.74) is -0.906. The molecule has 1 atom stereocenters. The summed E-state index contributed by atoms with van der Waals surface area (Å²) >= 11 is 0. The van der Waals surface area contributed by atoms with Crippen LogP contribution in [0.1, 0.15) is 25.5 Å². The van der Waals surface area contributed by atoms with E-state index in [-0.39, 0.29) is 6.07 Å². The monoisotopic (exact) mass is 291 g/mol. The molecule has 0 aromatic heterocycles. The van der Waals surface area contributed by atoms with Crippen LogP contribution in [-0.4, -0.2) is 29.6 Å². The first-order valence-electron chi connectivity index (χ1n) is 6.54. The van der Waals surface area contributed by atoms with Gasteiger partial charge in [-0.3, -0.25) is 0 Å². The molecule has 1 fully saturated rings. The summed E-state index contributed by atoms with van der Waals surface area (Å²) in [6.07, 6.45) is -1.54. The van der Waals surface area contributed by atoms with Crippen molar-refractivity contribution in [3.05, 3.63) is 34.9 Å². The fraction of sp³-hybridized carbons (Fsp3) is 0.571.